The Morgan fingerprint density at radius 2 is 1.68 bits per heavy atom. The van der Waals surface area contributed by atoms with Gasteiger partial charge in [0.1, 0.15) is 5.75 Å². The SMILES string of the molecule is COc1ccccc1CCC(=O)N1CCN(C(=O)C2CCCC2)CC1. The lowest BCUT2D eigenvalue weighted by Crippen LogP contribution is -2.51. The number of para-hydroxylation sites is 1. The van der Waals surface area contributed by atoms with Gasteiger partial charge in [0.05, 0.1) is 7.11 Å². The smallest absolute Gasteiger partial charge is 0.225 e. The molecule has 25 heavy (non-hydrogen) atoms. The zero-order chi connectivity index (χ0) is 17.6. The molecule has 2 aliphatic rings. The molecular formula is C20H28N2O3. The van der Waals surface area contributed by atoms with Crippen LogP contribution in [0.3, 0.4) is 0 Å². The highest BCUT2D eigenvalue weighted by atomic mass is 16.5. The first-order valence-corrected chi connectivity index (χ1v) is 9.37. The van der Waals surface area contributed by atoms with Crippen LogP contribution in [0.25, 0.3) is 0 Å². The summed E-state index contributed by atoms with van der Waals surface area (Å²) in [6, 6.07) is 7.83. The van der Waals surface area contributed by atoms with E-state index >= 15 is 0 Å². The first-order valence-electron chi connectivity index (χ1n) is 9.37. The van der Waals surface area contributed by atoms with Gasteiger partial charge in [-0.05, 0) is 30.9 Å². The van der Waals surface area contributed by atoms with Gasteiger partial charge in [0.15, 0.2) is 0 Å². The van der Waals surface area contributed by atoms with Gasteiger partial charge in [-0.15, -0.1) is 0 Å². The molecule has 136 valence electrons. The lowest BCUT2D eigenvalue weighted by molar-refractivity contribution is -0.142. The fraction of sp³-hybridized carbons (Fsp3) is 0.600. The molecule has 1 heterocycles. The minimum absolute atomic E-state index is 0.166. The Balaban J connectivity index is 1.46. The maximum atomic E-state index is 12.5. The van der Waals surface area contributed by atoms with Crippen molar-refractivity contribution in [1.82, 2.24) is 9.80 Å². The fourth-order valence-corrected chi connectivity index (χ4v) is 3.92. The molecule has 0 N–H and O–H groups in total. The van der Waals surface area contributed by atoms with Crippen LogP contribution >= 0.6 is 0 Å². The van der Waals surface area contributed by atoms with E-state index in [1.54, 1.807) is 7.11 Å². The average Bonchev–Trinajstić information content (AvgIpc) is 3.20. The van der Waals surface area contributed by atoms with Crippen LogP contribution in [0, 0.1) is 5.92 Å². The number of nitrogens with zero attached hydrogens (tertiary/aromatic N) is 2. The summed E-state index contributed by atoms with van der Waals surface area (Å²) in [7, 11) is 1.65. The van der Waals surface area contributed by atoms with E-state index < -0.39 is 0 Å². The summed E-state index contributed by atoms with van der Waals surface area (Å²) in [6.45, 7) is 2.66. The van der Waals surface area contributed by atoms with Crippen molar-refractivity contribution in [3.63, 3.8) is 0 Å². The second-order valence-corrected chi connectivity index (χ2v) is 7.00. The standard InChI is InChI=1S/C20H28N2O3/c1-25-18-9-5-4-6-16(18)10-11-19(23)21-12-14-22(15-13-21)20(24)17-7-2-3-8-17/h4-6,9,17H,2-3,7-8,10-15H2,1H3. The Labute approximate surface area is 149 Å². The summed E-state index contributed by atoms with van der Waals surface area (Å²) in [5, 5.41) is 0. The molecule has 1 saturated carbocycles. The van der Waals surface area contributed by atoms with Gasteiger partial charge < -0.3 is 14.5 Å². The van der Waals surface area contributed by atoms with Crippen molar-refractivity contribution in [1.29, 1.82) is 0 Å². The fourth-order valence-electron chi connectivity index (χ4n) is 3.92. The molecule has 2 amide bonds. The Hall–Kier alpha value is -2.04. The number of hydrogen-bond acceptors (Lipinski definition) is 3. The molecule has 0 radical (unpaired) electrons. The first-order chi connectivity index (χ1) is 12.2. The van der Waals surface area contributed by atoms with E-state index in [0.717, 1.165) is 24.2 Å². The lowest BCUT2D eigenvalue weighted by Gasteiger charge is -2.36. The summed E-state index contributed by atoms with van der Waals surface area (Å²) in [4.78, 5) is 28.8. The largest absolute Gasteiger partial charge is 0.496 e. The average molecular weight is 344 g/mol. The molecule has 0 aromatic heterocycles. The van der Waals surface area contributed by atoms with E-state index in [1.807, 2.05) is 34.1 Å². The minimum Gasteiger partial charge on any atom is -0.496 e. The molecular weight excluding hydrogens is 316 g/mol. The van der Waals surface area contributed by atoms with Crippen LogP contribution in [0.2, 0.25) is 0 Å². The van der Waals surface area contributed by atoms with Crippen LogP contribution in [0.5, 0.6) is 5.75 Å². The summed E-state index contributed by atoms with van der Waals surface area (Å²) in [5.74, 6) is 1.53. The lowest BCUT2D eigenvalue weighted by atomic mass is 10.1. The molecule has 0 spiro atoms. The van der Waals surface area contributed by atoms with Crippen LogP contribution in [0.15, 0.2) is 24.3 Å². The highest BCUT2D eigenvalue weighted by Gasteiger charge is 2.30. The van der Waals surface area contributed by atoms with Gasteiger partial charge in [-0.1, -0.05) is 31.0 Å². The number of carbonyl (C=O) groups excluding carboxylic acids is 2. The number of ether oxygens (including phenoxy) is 1. The molecule has 1 aromatic rings. The maximum Gasteiger partial charge on any atom is 0.225 e. The summed E-state index contributed by atoms with van der Waals surface area (Å²) in [5.41, 5.74) is 1.06. The number of carbonyl (C=O) groups is 2. The molecule has 0 atom stereocenters. The molecule has 1 saturated heterocycles. The molecule has 2 fully saturated rings. The van der Waals surface area contributed by atoms with Gasteiger partial charge in [-0.3, -0.25) is 9.59 Å². The molecule has 1 aromatic carbocycles. The van der Waals surface area contributed by atoms with Crippen molar-refractivity contribution in [3.05, 3.63) is 29.8 Å². The monoisotopic (exact) mass is 344 g/mol. The summed E-state index contributed by atoms with van der Waals surface area (Å²) < 4.78 is 5.34. The molecule has 1 aliphatic carbocycles. The van der Waals surface area contributed by atoms with Crippen molar-refractivity contribution in [2.45, 2.75) is 38.5 Å². The van der Waals surface area contributed by atoms with Crippen LogP contribution in [-0.4, -0.2) is 54.9 Å². The van der Waals surface area contributed by atoms with Crippen LogP contribution in [-0.2, 0) is 16.0 Å². The molecule has 5 heteroatoms. The first kappa shape index (κ1) is 17.8. The molecule has 0 bridgehead atoms. The van der Waals surface area contributed by atoms with Gasteiger partial charge in [0.2, 0.25) is 11.8 Å². The number of methoxy groups -OCH3 is 1. The van der Waals surface area contributed by atoms with Crippen molar-refractivity contribution in [2.75, 3.05) is 33.3 Å². The number of amides is 2. The van der Waals surface area contributed by atoms with Crippen molar-refractivity contribution in [3.8, 4) is 5.75 Å². The van der Waals surface area contributed by atoms with E-state index in [1.165, 1.54) is 12.8 Å². The van der Waals surface area contributed by atoms with E-state index in [4.69, 9.17) is 4.74 Å². The van der Waals surface area contributed by atoms with E-state index in [0.29, 0.717) is 44.9 Å². The van der Waals surface area contributed by atoms with Gasteiger partial charge in [-0.25, -0.2) is 0 Å². The Kier molecular flexibility index (Phi) is 5.95. The third-order valence-corrected chi connectivity index (χ3v) is 5.45. The van der Waals surface area contributed by atoms with Gasteiger partial charge in [0, 0.05) is 38.5 Å². The highest BCUT2D eigenvalue weighted by Crippen LogP contribution is 2.27. The molecule has 5 nitrogen and oxygen atoms in total. The minimum atomic E-state index is 0.166. The third-order valence-electron chi connectivity index (χ3n) is 5.45. The van der Waals surface area contributed by atoms with Crippen LogP contribution < -0.4 is 4.74 Å². The van der Waals surface area contributed by atoms with Crippen molar-refractivity contribution >= 4 is 11.8 Å². The normalized spacial score (nSPS) is 18.4. The number of benzene rings is 1. The zero-order valence-electron chi connectivity index (χ0n) is 15.1. The summed E-state index contributed by atoms with van der Waals surface area (Å²) in [6.07, 6.45) is 5.60. The predicted molar refractivity (Wildman–Crippen MR) is 96.4 cm³/mol. The molecule has 1 aliphatic heterocycles. The van der Waals surface area contributed by atoms with Crippen molar-refractivity contribution in [2.24, 2.45) is 5.92 Å². The van der Waals surface area contributed by atoms with Gasteiger partial charge in [0.25, 0.3) is 0 Å². The van der Waals surface area contributed by atoms with Gasteiger partial charge in [-0.2, -0.15) is 0 Å². The van der Waals surface area contributed by atoms with Crippen molar-refractivity contribution < 1.29 is 14.3 Å². The van der Waals surface area contributed by atoms with Crippen LogP contribution in [0.1, 0.15) is 37.7 Å². The maximum absolute atomic E-state index is 12.5. The zero-order valence-corrected chi connectivity index (χ0v) is 15.1. The van der Waals surface area contributed by atoms with Gasteiger partial charge >= 0.3 is 0 Å². The Morgan fingerprint density at radius 1 is 1.04 bits per heavy atom. The predicted octanol–water partition coefficient (Wildman–Crippen LogP) is 2.49. The second kappa shape index (κ2) is 8.37. The third kappa shape index (κ3) is 4.33. The Bertz CT molecular complexity index is 603. The number of hydrogen-bond donors (Lipinski definition) is 0. The van der Waals surface area contributed by atoms with Crippen LogP contribution in [0.4, 0.5) is 0 Å². The highest BCUT2D eigenvalue weighted by molar-refractivity contribution is 5.80. The summed E-state index contributed by atoms with van der Waals surface area (Å²) >= 11 is 0. The topological polar surface area (TPSA) is 49.9 Å². The molecule has 0 unspecified atom stereocenters. The number of aryl methyl sites for hydroxylation is 1. The number of rotatable bonds is 5. The van der Waals surface area contributed by atoms with E-state index in [9.17, 15) is 9.59 Å². The van der Waals surface area contributed by atoms with E-state index in [-0.39, 0.29) is 11.8 Å². The Morgan fingerprint density at radius 3 is 2.36 bits per heavy atom. The van der Waals surface area contributed by atoms with E-state index in [2.05, 4.69) is 0 Å². The second-order valence-electron chi connectivity index (χ2n) is 7.00. The molecule has 3 rings (SSSR count). The number of piperazine rings is 1. The quantitative estimate of drug-likeness (QED) is 0.825.